The first-order chi connectivity index (χ1) is 11.1. The third-order valence-electron chi connectivity index (χ3n) is 4.00. The van der Waals surface area contributed by atoms with Gasteiger partial charge in [-0.2, -0.15) is 0 Å². The fourth-order valence-electron chi connectivity index (χ4n) is 2.73. The van der Waals surface area contributed by atoms with Crippen LogP contribution in [0.5, 0.6) is 0 Å². The average molecular weight is 334 g/mol. The maximum absolute atomic E-state index is 13.4. The van der Waals surface area contributed by atoms with E-state index in [-0.39, 0.29) is 17.0 Å². The van der Waals surface area contributed by atoms with Crippen molar-refractivity contribution in [3.8, 4) is 0 Å². The number of hydrogen-bond donors (Lipinski definition) is 0. The van der Waals surface area contributed by atoms with Gasteiger partial charge in [0, 0.05) is 25.7 Å². The predicted octanol–water partition coefficient (Wildman–Crippen LogP) is 2.80. The maximum Gasteiger partial charge on any atom is 0.240 e. The van der Waals surface area contributed by atoms with Gasteiger partial charge in [-0.25, -0.2) is 4.39 Å². The highest BCUT2D eigenvalue weighted by atomic mass is 32.2. The summed E-state index contributed by atoms with van der Waals surface area (Å²) in [6, 6.07) is 6.19. The molecular weight excluding hydrogens is 315 g/mol. The molecule has 0 saturated carbocycles. The average Bonchev–Trinajstić information content (AvgIpc) is 2.89. The van der Waals surface area contributed by atoms with Gasteiger partial charge in [-0.1, -0.05) is 24.8 Å². The van der Waals surface area contributed by atoms with Gasteiger partial charge in [0.2, 0.25) is 5.91 Å². The van der Waals surface area contributed by atoms with Crippen LogP contribution in [0.15, 0.2) is 29.4 Å². The fraction of sp³-hybridized carbons (Fsp3) is 0.438. The van der Waals surface area contributed by atoms with Gasteiger partial charge in [-0.15, -0.1) is 10.2 Å². The van der Waals surface area contributed by atoms with Crippen LogP contribution in [-0.4, -0.2) is 32.5 Å². The molecule has 3 rings (SSSR count). The van der Waals surface area contributed by atoms with E-state index in [4.69, 9.17) is 0 Å². The summed E-state index contributed by atoms with van der Waals surface area (Å²) in [5, 5.41) is 8.85. The summed E-state index contributed by atoms with van der Waals surface area (Å²) in [7, 11) is 1.92. The lowest BCUT2D eigenvalue weighted by atomic mass is 10.1. The zero-order chi connectivity index (χ0) is 16.4. The number of aromatic nitrogens is 3. The number of carbonyl (C=O) groups is 1. The molecule has 1 fully saturated rings. The van der Waals surface area contributed by atoms with Crippen molar-refractivity contribution in [1.82, 2.24) is 14.8 Å². The molecule has 1 aliphatic heterocycles. The Hall–Kier alpha value is -1.89. The summed E-state index contributed by atoms with van der Waals surface area (Å²) in [5.41, 5.74) is 0.618. The molecule has 1 aromatic carbocycles. The summed E-state index contributed by atoms with van der Waals surface area (Å²) in [4.78, 5) is 14.4. The number of carbonyl (C=O) groups excluding carboxylic acids is 1. The molecule has 1 aliphatic rings. The molecular formula is C16H19FN4OS. The second-order valence-corrected chi connectivity index (χ2v) is 6.70. The highest BCUT2D eigenvalue weighted by Crippen LogP contribution is 2.31. The van der Waals surface area contributed by atoms with Gasteiger partial charge in [0.15, 0.2) is 5.16 Å². The molecule has 0 radical (unpaired) electrons. The number of amides is 1. The van der Waals surface area contributed by atoms with Crippen molar-refractivity contribution in [3.63, 3.8) is 0 Å². The van der Waals surface area contributed by atoms with Gasteiger partial charge in [0.05, 0.1) is 5.25 Å². The minimum Gasteiger partial charge on any atom is -0.311 e. The lowest BCUT2D eigenvalue weighted by molar-refractivity contribution is -0.119. The number of thioether (sulfide) groups is 1. The number of benzene rings is 1. The highest BCUT2D eigenvalue weighted by molar-refractivity contribution is 8.00. The minimum absolute atomic E-state index is 0.00731. The van der Waals surface area contributed by atoms with Crippen molar-refractivity contribution >= 4 is 23.4 Å². The number of anilines is 1. The van der Waals surface area contributed by atoms with Crippen LogP contribution in [-0.2, 0) is 18.3 Å². The lowest BCUT2D eigenvalue weighted by Gasteiger charge is -2.31. The summed E-state index contributed by atoms with van der Waals surface area (Å²) in [6.07, 6.45) is 2.49. The first-order valence-electron chi connectivity index (χ1n) is 7.72. The van der Waals surface area contributed by atoms with E-state index in [0.29, 0.717) is 12.2 Å². The van der Waals surface area contributed by atoms with E-state index in [1.54, 1.807) is 17.0 Å². The van der Waals surface area contributed by atoms with Crippen LogP contribution in [0, 0.1) is 5.82 Å². The van der Waals surface area contributed by atoms with Gasteiger partial charge in [-0.05, 0) is 31.0 Å². The zero-order valence-corrected chi connectivity index (χ0v) is 14.0. The van der Waals surface area contributed by atoms with Gasteiger partial charge in [0.25, 0.3) is 0 Å². The number of hydrogen-bond acceptors (Lipinski definition) is 4. The molecule has 7 heteroatoms. The predicted molar refractivity (Wildman–Crippen MR) is 88.0 cm³/mol. The second-order valence-electron chi connectivity index (χ2n) is 5.53. The third kappa shape index (κ3) is 3.24. The summed E-state index contributed by atoms with van der Waals surface area (Å²) < 4.78 is 15.4. The number of halogens is 1. The van der Waals surface area contributed by atoms with E-state index in [9.17, 15) is 9.18 Å². The molecule has 1 saturated heterocycles. The van der Waals surface area contributed by atoms with Crippen molar-refractivity contribution in [2.24, 2.45) is 7.05 Å². The first kappa shape index (κ1) is 16.0. The van der Waals surface area contributed by atoms with Crippen LogP contribution < -0.4 is 4.90 Å². The Bertz CT molecular complexity index is 718. The second kappa shape index (κ2) is 6.70. The van der Waals surface area contributed by atoms with Crippen molar-refractivity contribution in [1.29, 1.82) is 0 Å². The highest BCUT2D eigenvalue weighted by Gasteiger charge is 2.31. The molecule has 5 nitrogen and oxygen atoms in total. The Labute approximate surface area is 138 Å². The zero-order valence-electron chi connectivity index (χ0n) is 13.2. The largest absolute Gasteiger partial charge is 0.311 e. The van der Waals surface area contributed by atoms with Crippen molar-refractivity contribution in [2.45, 2.75) is 36.6 Å². The van der Waals surface area contributed by atoms with E-state index in [1.807, 2.05) is 18.5 Å². The monoisotopic (exact) mass is 334 g/mol. The Morgan fingerprint density at radius 1 is 1.39 bits per heavy atom. The van der Waals surface area contributed by atoms with Gasteiger partial charge in [-0.3, -0.25) is 4.79 Å². The van der Waals surface area contributed by atoms with E-state index >= 15 is 0 Å². The number of nitrogens with zero attached hydrogens (tertiary/aromatic N) is 4. The maximum atomic E-state index is 13.4. The van der Waals surface area contributed by atoms with E-state index in [2.05, 4.69) is 10.2 Å². The Morgan fingerprint density at radius 2 is 2.22 bits per heavy atom. The van der Waals surface area contributed by atoms with Crippen molar-refractivity contribution < 1.29 is 9.18 Å². The summed E-state index contributed by atoms with van der Waals surface area (Å²) >= 11 is 1.44. The van der Waals surface area contributed by atoms with Gasteiger partial charge < -0.3 is 9.47 Å². The molecule has 2 aromatic rings. The molecule has 1 amide bonds. The van der Waals surface area contributed by atoms with E-state index < -0.39 is 0 Å². The summed E-state index contributed by atoms with van der Waals surface area (Å²) in [5.74, 6) is 0.580. The topological polar surface area (TPSA) is 51.0 Å². The molecule has 0 N–H and O–H groups in total. The SMILES string of the molecule is CCc1nnc(SC2CCCN(c3cccc(F)c3)C2=O)n1C. The van der Waals surface area contributed by atoms with Gasteiger partial charge >= 0.3 is 0 Å². The summed E-state index contributed by atoms with van der Waals surface area (Å²) in [6.45, 7) is 2.65. The number of rotatable bonds is 4. The number of aryl methyl sites for hydroxylation is 1. The van der Waals surface area contributed by atoms with E-state index in [1.165, 1.54) is 23.9 Å². The van der Waals surface area contributed by atoms with E-state index in [0.717, 1.165) is 30.2 Å². The smallest absolute Gasteiger partial charge is 0.240 e. The Morgan fingerprint density at radius 3 is 2.91 bits per heavy atom. The van der Waals surface area contributed by atoms with Crippen LogP contribution in [0.1, 0.15) is 25.6 Å². The molecule has 1 unspecified atom stereocenters. The quantitative estimate of drug-likeness (QED) is 0.863. The molecule has 23 heavy (non-hydrogen) atoms. The van der Waals surface area contributed by atoms with Crippen LogP contribution in [0.3, 0.4) is 0 Å². The normalized spacial score (nSPS) is 18.5. The lowest BCUT2D eigenvalue weighted by Crippen LogP contribution is -2.43. The molecule has 1 atom stereocenters. The Kier molecular flexibility index (Phi) is 4.66. The molecule has 1 aromatic heterocycles. The standard InChI is InChI=1S/C16H19FN4OS/c1-3-14-18-19-16(20(14)2)23-13-8-5-9-21(15(13)22)12-7-4-6-11(17)10-12/h4,6-7,10,13H,3,5,8-9H2,1-2H3. The molecule has 122 valence electrons. The van der Waals surface area contributed by atoms with Crippen LogP contribution in [0.4, 0.5) is 10.1 Å². The molecule has 0 aliphatic carbocycles. The van der Waals surface area contributed by atoms with Crippen LogP contribution >= 0.6 is 11.8 Å². The molecule has 2 heterocycles. The third-order valence-corrected chi connectivity index (χ3v) is 5.29. The molecule has 0 bridgehead atoms. The Balaban J connectivity index is 1.78. The fourth-order valence-corrected chi connectivity index (χ4v) is 3.85. The molecule has 0 spiro atoms. The van der Waals surface area contributed by atoms with Crippen LogP contribution in [0.2, 0.25) is 0 Å². The van der Waals surface area contributed by atoms with Gasteiger partial charge in [0.1, 0.15) is 11.6 Å². The van der Waals surface area contributed by atoms with Crippen molar-refractivity contribution in [3.05, 3.63) is 35.9 Å². The van der Waals surface area contributed by atoms with Crippen molar-refractivity contribution in [2.75, 3.05) is 11.4 Å². The number of piperidine rings is 1. The first-order valence-corrected chi connectivity index (χ1v) is 8.60. The minimum atomic E-state index is -0.328. The van der Waals surface area contributed by atoms with Crippen LogP contribution in [0.25, 0.3) is 0 Å².